The number of halogens is 1. The van der Waals surface area contributed by atoms with Gasteiger partial charge in [-0.15, -0.1) is 0 Å². The molecule has 1 heterocycles. The third-order valence-electron chi connectivity index (χ3n) is 3.48. The van der Waals surface area contributed by atoms with Gasteiger partial charge in [-0.05, 0) is 50.6 Å². The van der Waals surface area contributed by atoms with Crippen LogP contribution in [0.2, 0.25) is 0 Å². The fraction of sp³-hybridized carbons (Fsp3) is 0.500. The van der Waals surface area contributed by atoms with Crippen LogP contribution in [-0.4, -0.2) is 37.0 Å². The second-order valence-electron chi connectivity index (χ2n) is 4.76. The van der Waals surface area contributed by atoms with Gasteiger partial charge in [0.25, 0.3) is 5.91 Å². The van der Waals surface area contributed by atoms with Crippen LogP contribution in [0.1, 0.15) is 29.6 Å². The molecule has 2 rings (SSSR count). The summed E-state index contributed by atoms with van der Waals surface area (Å²) in [6, 6.07) is 6.14. The fourth-order valence-electron chi connectivity index (χ4n) is 2.38. The van der Waals surface area contributed by atoms with Crippen LogP contribution in [0.3, 0.4) is 0 Å². The zero-order valence-corrected chi connectivity index (χ0v) is 10.7. The maximum absolute atomic E-state index is 13.1. The van der Waals surface area contributed by atoms with Gasteiger partial charge in [-0.25, -0.2) is 4.39 Å². The van der Waals surface area contributed by atoms with Gasteiger partial charge < -0.3 is 10.2 Å². The van der Waals surface area contributed by atoms with E-state index in [0.717, 1.165) is 32.4 Å². The van der Waals surface area contributed by atoms with Crippen LogP contribution in [0.5, 0.6) is 0 Å². The summed E-state index contributed by atoms with van der Waals surface area (Å²) in [6.45, 7) is 1.95. The van der Waals surface area contributed by atoms with E-state index in [9.17, 15) is 9.18 Å². The fourth-order valence-corrected chi connectivity index (χ4v) is 2.38. The van der Waals surface area contributed by atoms with Crippen LogP contribution in [0.15, 0.2) is 24.3 Å². The highest BCUT2D eigenvalue weighted by molar-refractivity contribution is 5.94. The summed E-state index contributed by atoms with van der Waals surface area (Å²) >= 11 is 0. The highest BCUT2D eigenvalue weighted by Crippen LogP contribution is 2.15. The molecule has 0 bridgehead atoms. The minimum Gasteiger partial charge on any atom is -0.339 e. The van der Waals surface area contributed by atoms with Gasteiger partial charge in [-0.1, -0.05) is 6.07 Å². The molecule has 1 aliphatic rings. The summed E-state index contributed by atoms with van der Waals surface area (Å²) < 4.78 is 13.1. The van der Waals surface area contributed by atoms with Crippen LogP contribution in [0, 0.1) is 5.82 Å². The van der Waals surface area contributed by atoms with E-state index in [0.29, 0.717) is 5.56 Å². The third-order valence-corrected chi connectivity index (χ3v) is 3.48. The number of rotatable bonds is 2. The van der Waals surface area contributed by atoms with Crippen LogP contribution in [0.4, 0.5) is 4.39 Å². The Kier molecular flexibility index (Phi) is 4.31. The lowest BCUT2D eigenvalue weighted by Crippen LogP contribution is -2.37. The van der Waals surface area contributed by atoms with Gasteiger partial charge in [-0.3, -0.25) is 4.79 Å². The van der Waals surface area contributed by atoms with Crippen molar-refractivity contribution in [2.45, 2.75) is 25.3 Å². The van der Waals surface area contributed by atoms with Gasteiger partial charge in [0.05, 0.1) is 0 Å². The molecule has 0 spiro atoms. The highest BCUT2D eigenvalue weighted by atomic mass is 19.1. The number of hydrogen-bond acceptors (Lipinski definition) is 2. The van der Waals surface area contributed by atoms with Gasteiger partial charge >= 0.3 is 0 Å². The molecule has 1 aromatic carbocycles. The van der Waals surface area contributed by atoms with Crippen molar-refractivity contribution in [1.29, 1.82) is 0 Å². The number of carbonyl (C=O) groups excluding carboxylic acids is 1. The standard InChI is InChI=1S/C14H19FN2O/c1-17(13-6-3-8-16-9-7-13)14(18)11-4-2-5-12(15)10-11/h2,4-5,10,13,16H,3,6-9H2,1H3. The minimum atomic E-state index is -0.364. The van der Waals surface area contributed by atoms with Crippen LogP contribution < -0.4 is 5.32 Å². The predicted molar refractivity (Wildman–Crippen MR) is 69.0 cm³/mol. The summed E-state index contributed by atoms with van der Waals surface area (Å²) in [5, 5.41) is 3.32. The van der Waals surface area contributed by atoms with Gasteiger partial charge in [0.1, 0.15) is 5.82 Å². The van der Waals surface area contributed by atoms with Crippen molar-refractivity contribution in [3.63, 3.8) is 0 Å². The number of carbonyl (C=O) groups is 1. The molecule has 1 saturated heterocycles. The van der Waals surface area contributed by atoms with Gasteiger partial charge in [0, 0.05) is 18.7 Å². The molecule has 98 valence electrons. The Bertz CT molecular complexity index is 414. The first-order valence-corrected chi connectivity index (χ1v) is 6.42. The van der Waals surface area contributed by atoms with E-state index >= 15 is 0 Å². The van der Waals surface area contributed by atoms with Crippen molar-refractivity contribution in [3.05, 3.63) is 35.6 Å². The molecule has 1 atom stereocenters. The molecule has 3 nitrogen and oxygen atoms in total. The number of nitrogens with zero attached hydrogens (tertiary/aromatic N) is 1. The Morgan fingerprint density at radius 3 is 3.00 bits per heavy atom. The summed E-state index contributed by atoms with van der Waals surface area (Å²) in [5.74, 6) is -0.460. The maximum atomic E-state index is 13.1. The molecule has 0 aliphatic carbocycles. The molecule has 0 radical (unpaired) electrons. The Morgan fingerprint density at radius 2 is 2.22 bits per heavy atom. The first-order valence-electron chi connectivity index (χ1n) is 6.42. The van der Waals surface area contributed by atoms with E-state index in [-0.39, 0.29) is 17.8 Å². The Morgan fingerprint density at radius 1 is 1.39 bits per heavy atom. The average molecular weight is 250 g/mol. The summed E-state index contributed by atoms with van der Waals surface area (Å²) in [5.41, 5.74) is 0.426. The maximum Gasteiger partial charge on any atom is 0.253 e. The molecule has 4 heteroatoms. The lowest BCUT2D eigenvalue weighted by atomic mass is 10.1. The molecule has 1 amide bonds. The lowest BCUT2D eigenvalue weighted by molar-refractivity contribution is 0.0720. The number of benzene rings is 1. The molecule has 1 N–H and O–H groups in total. The topological polar surface area (TPSA) is 32.3 Å². The molecule has 0 saturated carbocycles. The quantitative estimate of drug-likeness (QED) is 0.871. The summed E-state index contributed by atoms with van der Waals surface area (Å²) in [4.78, 5) is 14.0. The molecule has 18 heavy (non-hydrogen) atoms. The van der Waals surface area contributed by atoms with Crippen molar-refractivity contribution >= 4 is 5.91 Å². The van der Waals surface area contributed by atoms with Crippen molar-refractivity contribution in [2.24, 2.45) is 0 Å². The molecule has 0 aromatic heterocycles. The summed E-state index contributed by atoms with van der Waals surface area (Å²) in [7, 11) is 1.81. The Hall–Kier alpha value is -1.42. The number of nitrogens with one attached hydrogen (secondary N) is 1. The molecule has 1 aliphatic heterocycles. The second kappa shape index (κ2) is 5.96. The minimum absolute atomic E-state index is 0.0959. The highest BCUT2D eigenvalue weighted by Gasteiger charge is 2.22. The molecular formula is C14H19FN2O. The zero-order valence-electron chi connectivity index (χ0n) is 10.7. The number of hydrogen-bond donors (Lipinski definition) is 1. The van der Waals surface area contributed by atoms with Crippen molar-refractivity contribution < 1.29 is 9.18 Å². The lowest BCUT2D eigenvalue weighted by Gasteiger charge is -2.27. The largest absolute Gasteiger partial charge is 0.339 e. The van der Waals surface area contributed by atoms with Crippen LogP contribution in [-0.2, 0) is 0 Å². The SMILES string of the molecule is CN(C(=O)c1cccc(F)c1)C1CCCNCC1. The van der Waals surface area contributed by atoms with Crippen molar-refractivity contribution in [2.75, 3.05) is 20.1 Å². The first-order chi connectivity index (χ1) is 8.68. The summed E-state index contributed by atoms with van der Waals surface area (Å²) in [6.07, 6.45) is 3.04. The molecule has 1 fully saturated rings. The Labute approximate surface area is 107 Å². The molecule has 1 aromatic rings. The zero-order chi connectivity index (χ0) is 13.0. The van der Waals surface area contributed by atoms with Crippen LogP contribution in [0.25, 0.3) is 0 Å². The smallest absolute Gasteiger partial charge is 0.253 e. The second-order valence-corrected chi connectivity index (χ2v) is 4.76. The van der Waals surface area contributed by atoms with E-state index in [1.165, 1.54) is 12.1 Å². The van der Waals surface area contributed by atoms with Crippen LogP contribution >= 0.6 is 0 Å². The van der Waals surface area contributed by atoms with E-state index < -0.39 is 0 Å². The molecular weight excluding hydrogens is 231 g/mol. The monoisotopic (exact) mass is 250 g/mol. The van der Waals surface area contributed by atoms with Crippen molar-refractivity contribution in [3.8, 4) is 0 Å². The average Bonchev–Trinajstić information content (AvgIpc) is 2.66. The third kappa shape index (κ3) is 3.07. The van der Waals surface area contributed by atoms with E-state index in [1.807, 2.05) is 7.05 Å². The Balaban J connectivity index is 2.07. The normalized spacial score (nSPS) is 20.2. The van der Waals surface area contributed by atoms with Crippen molar-refractivity contribution in [1.82, 2.24) is 10.2 Å². The predicted octanol–water partition coefficient (Wildman–Crippen LogP) is 2.04. The molecule has 1 unspecified atom stereocenters. The first kappa shape index (κ1) is 13.0. The van der Waals surface area contributed by atoms with Gasteiger partial charge in [0.2, 0.25) is 0 Å². The van der Waals surface area contributed by atoms with E-state index in [1.54, 1.807) is 17.0 Å². The number of amides is 1. The van der Waals surface area contributed by atoms with Gasteiger partial charge in [-0.2, -0.15) is 0 Å². The van der Waals surface area contributed by atoms with Gasteiger partial charge in [0.15, 0.2) is 0 Å². The van der Waals surface area contributed by atoms with E-state index in [2.05, 4.69) is 5.32 Å². The van der Waals surface area contributed by atoms with E-state index in [4.69, 9.17) is 0 Å².